The van der Waals surface area contributed by atoms with Crippen molar-refractivity contribution in [2.75, 3.05) is 6.54 Å². The van der Waals surface area contributed by atoms with Crippen LogP contribution in [-0.2, 0) is 4.79 Å². The third-order valence-corrected chi connectivity index (χ3v) is 3.04. The molecule has 0 radical (unpaired) electrons. The maximum absolute atomic E-state index is 11.9. The molecule has 0 saturated heterocycles. The van der Waals surface area contributed by atoms with E-state index in [1.165, 1.54) is 0 Å². The molecule has 19 heavy (non-hydrogen) atoms. The minimum atomic E-state index is -0.465. The van der Waals surface area contributed by atoms with Crippen molar-refractivity contribution in [3.8, 4) is 5.75 Å². The smallest absolute Gasteiger partial charge is 0.260 e. The van der Waals surface area contributed by atoms with Crippen LogP contribution in [0.15, 0.2) is 18.2 Å². The third-order valence-electron chi connectivity index (χ3n) is 3.04. The second-order valence-corrected chi connectivity index (χ2v) is 5.50. The number of nitrogens with one attached hydrogen (secondary N) is 1. The van der Waals surface area contributed by atoms with Gasteiger partial charge in [-0.05, 0) is 50.3 Å². The molecule has 0 heterocycles. The fraction of sp³-hybridized carbons (Fsp3) is 0.562. The van der Waals surface area contributed by atoms with E-state index < -0.39 is 6.10 Å². The summed E-state index contributed by atoms with van der Waals surface area (Å²) in [5, 5.41) is 2.90. The van der Waals surface area contributed by atoms with Crippen molar-refractivity contribution < 1.29 is 9.53 Å². The summed E-state index contributed by atoms with van der Waals surface area (Å²) < 4.78 is 5.73. The Labute approximate surface area is 116 Å². The summed E-state index contributed by atoms with van der Waals surface area (Å²) in [6.07, 6.45) is 0.523. The molecule has 3 nitrogen and oxygen atoms in total. The van der Waals surface area contributed by atoms with E-state index in [0.29, 0.717) is 12.5 Å². The van der Waals surface area contributed by atoms with E-state index in [-0.39, 0.29) is 5.91 Å². The lowest BCUT2D eigenvalue weighted by Gasteiger charge is -2.17. The average molecular weight is 263 g/mol. The first kappa shape index (κ1) is 15.5. The Hall–Kier alpha value is -1.51. The molecule has 0 aromatic heterocycles. The maximum atomic E-state index is 11.9. The molecule has 3 heteroatoms. The van der Waals surface area contributed by atoms with Crippen LogP contribution in [0.1, 0.15) is 38.3 Å². The molecule has 0 saturated carbocycles. The molecule has 1 aromatic rings. The van der Waals surface area contributed by atoms with Crippen molar-refractivity contribution in [3.63, 3.8) is 0 Å². The number of carbonyl (C=O) groups is 1. The van der Waals surface area contributed by atoms with Crippen LogP contribution >= 0.6 is 0 Å². The number of amides is 1. The van der Waals surface area contributed by atoms with Gasteiger partial charge >= 0.3 is 0 Å². The molecule has 0 unspecified atom stereocenters. The summed E-state index contributed by atoms with van der Waals surface area (Å²) in [5.41, 5.74) is 2.18. The molecular formula is C16H25NO2. The standard InChI is InChI=1S/C16H25NO2/c1-11(2)8-9-17-16(18)14(5)19-15-10-12(3)6-7-13(15)4/h6-7,10-11,14H,8-9H2,1-5H3,(H,17,18)/t14-/m1/s1. The minimum absolute atomic E-state index is 0.0541. The number of benzene rings is 1. The van der Waals surface area contributed by atoms with Crippen molar-refractivity contribution in [1.82, 2.24) is 5.32 Å². The number of carbonyl (C=O) groups excluding carboxylic acids is 1. The van der Waals surface area contributed by atoms with E-state index in [1.807, 2.05) is 32.0 Å². The highest BCUT2D eigenvalue weighted by Gasteiger charge is 2.15. The maximum Gasteiger partial charge on any atom is 0.260 e. The predicted octanol–water partition coefficient (Wildman–Crippen LogP) is 3.23. The highest BCUT2D eigenvalue weighted by atomic mass is 16.5. The van der Waals surface area contributed by atoms with E-state index in [1.54, 1.807) is 6.92 Å². The van der Waals surface area contributed by atoms with E-state index in [9.17, 15) is 4.79 Å². The molecule has 0 bridgehead atoms. The summed E-state index contributed by atoms with van der Waals surface area (Å²) in [7, 11) is 0. The van der Waals surface area contributed by atoms with E-state index in [4.69, 9.17) is 4.74 Å². The number of aryl methyl sites for hydroxylation is 2. The lowest BCUT2D eigenvalue weighted by molar-refractivity contribution is -0.127. The molecule has 1 rings (SSSR count). The molecular weight excluding hydrogens is 238 g/mol. The number of ether oxygens (including phenoxy) is 1. The topological polar surface area (TPSA) is 38.3 Å². The van der Waals surface area contributed by atoms with Gasteiger partial charge in [-0.15, -0.1) is 0 Å². The van der Waals surface area contributed by atoms with Gasteiger partial charge < -0.3 is 10.1 Å². The lowest BCUT2D eigenvalue weighted by Crippen LogP contribution is -2.37. The molecule has 0 fully saturated rings. The van der Waals surface area contributed by atoms with Gasteiger partial charge in [-0.3, -0.25) is 4.79 Å². The van der Waals surface area contributed by atoms with E-state index in [2.05, 4.69) is 19.2 Å². The molecule has 1 atom stereocenters. The Kier molecular flexibility index (Phi) is 5.87. The van der Waals surface area contributed by atoms with Crippen LogP contribution in [0.2, 0.25) is 0 Å². The monoisotopic (exact) mass is 263 g/mol. The van der Waals surface area contributed by atoms with Crippen LogP contribution in [0.4, 0.5) is 0 Å². The summed E-state index contributed by atoms with van der Waals surface area (Å²) in [6.45, 7) is 10.8. The molecule has 0 aliphatic carbocycles. The van der Waals surface area contributed by atoms with Crippen molar-refractivity contribution in [1.29, 1.82) is 0 Å². The molecule has 1 N–H and O–H groups in total. The Morgan fingerprint density at radius 1 is 1.26 bits per heavy atom. The Bertz CT molecular complexity index is 427. The third kappa shape index (κ3) is 5.33. The molecule has 106 valence electrons. The normalized spacial score (nSPS) is 12.3. The summed E-state index contributed by atoms with van der Waals surface area (Å²) >= 11 is 0. The summed E-state index contributed by atoms with van der Waals surface area (Å²) in [5.74, 6) is 1.32. The Balaban J connectivity index is 2.51. The molecule has 0 aliphatic rings. The second kappa shape index (κ2) is 7.17. The predicted molar refractivity (Wildman–Crippen MR) is 78.5 cm³/mol. The summed E-state index contributed by atoms with van der Waals surface area (Å²) in [4.78, 5) is 11.9. The van der Waals surface area contributed by atoms with Crippen LogP contribution in [0.25, 0.3) is 0 Å². The first-order chi connectivity index (χ1) is 8.90. The quantitative estimate of drug-likeness (QED) is 0.855. The Morgan fingerprint density at radius 3 is 2.58 bits per heavy atom. The highest BCUT2D eigenvalue weighted by molar-refractivity contribution is 5.80. The van der Waals surface area contributed by atoms with Gasteiger partial charge in [0.05, 0.1) is 0 Å². The van der Waals surface area contributed by atoms with Gasteiger partial charge in [0.1, 0.15) is 5.75 Å². The lowest BCUT2D eigenvalue weighted by atomic mass is 10.1. The van der Waals surface area contributed by atoms with Gasteiger partial charge in [0.25, 0.3) is 5.91 Å². The average Bonchev–Trinajstić information content (AvgIpc) is 2.33. The minimum Gasteiger partial charge on any atom is -0.481 e. The van der Waals surface area contributed by atoms with E-state index >= 15 is 0 Å². The number of hydrogen-bond donors (Lipinski definition) is 1. The highest BCUT2D eigenvalue weighted by Crippen LogP contribution is 2.20. The SMILES string of the molecule is Cc1ccc(C)c(O[C@H](C)C(=O)NCCC(C)C)c1. The van der Waals surface area contributed by atoms with Crippen molar-refractivity contribution in [3.05, 3.63) is 29.3 Å². The number of hydrogen-bond acceptors (Lipinski definition) is 2. The first-order valence-corrected chi connectivity index (χ1v) is 6.91. The molecule has 1 amide bonds. The van der Waals surface area contributed by atoms with Crippen LogP contribution in [0, 0.1) is 19.8 Å². The van der Waals surface area contributed by atoms with Crippen LogP contribution in [0.5, 0.6) is 5.75 Å². The van der Waals surface area contributed by atoms with Crippen molar-refractivity contribution >= 4 is 5.91 Å². The van der Waals surface area contributed by atoms with Gasteiger partial charge in [0, 0.05) is 6.54 Å². The first-order valence-electron chi connectivity index (χ1n) is 6.91. The van der Waals surface area contributed by atoms with Gasteiger partial charge in [0.15, 0.2) is 6.10 Å². The van der Waals surface area contributed by atoms with Crippen molar-refractivity contribution in [2.24, 2.45) is 5.92 Å². The van der Waals surface area contributed by atoms with E-state index in [0.717, 1.165) is 23.3 Å². The van der Waals surface area contributed by atoms with Crippen LogP contribution < -0.4 is 10.1 Å². The fourth-order valence-corrected chi connectivity index (χ4v) is 1.71. The fourth-order valence-electron chi connectivity index (χ4n) is 1.71. The summed E-state index contributed by atoms with van der Waals surface area (Å²) in [6, 6.07) is 6.01. The van der Waals surface area contributed by atoms with Gasteiger partial charge in [-0.2, -0.15) is 0 Å². The largest absolute Gasteiger partial charge is 0.481 e. The molecule has 1 aromatic carbocycles. The van der Waals surface area contributed by atoms with Gasteiger partial charge in [0.2, 0.25) is 0 Å². The van der Waals surface area contributed by atoms with Gasteiger partial charge in [-0.25, -0.2) is 0 Å². The second-order valence-electron chi connectivity index (χ2n) is 5.50. The number of rotatable bonds is 6. The Morgan fingerprint density at radius 2 is 1.95 bits per heavy atom. The zero-order valence-corrected chi connectivity index (χ0v) is 12.6. The van der Waals surface area contributed by atoms with Gasteiger partial charge in [-0.1, -0.05) is 26.0 Å². The van der Waals surface area contributed by atoms with Crippen LogP contribution in [0.3, 0.4) is 0 Å². The molecule has 0 spiro atoms. The zero-order valence-electron chi connectivity index (χ0n) is 12.6. The molecule has 0 aliphatic heterocycles. The van der Waals surface area contributed by atoms with Crippen molar-refractivity contribution in [2.45, 2.75) is 47.1 Å². The zero-order chi connectivity index (χ0) is 14.4. The van der Waals surface area contributed by atoms with Crippen LogP contribution in [-0.4, -0.2) is 18.6 Å².